The molecule has 0 saturated carbocycles. The molecule has 1 atom stereocenters. The molecule has 1 unspecified atom stereocenters. The minimum atomic E-state index is -2.57. The largest absolute Gasteiger partial charge is 1.00 e. The summed E-state index contributed by atoms with van der Waals surface area (Å²) in [7, 11) is -2.57. The van der Waals surface area contributed by atoms with Crippen molar-refractivity contribution in [2.45, 2.75) is 6.36 Å². The van der Waals surface area contributed by atoms with Crippen molar-refractivity contribution < 1.29 is 56.8 Å². The SMILES string of the molecule is C=CC(F)OB([O-])[O-].[Li+].[Li+]. The molecule has 0 bridgehead atoms. The summed E-state index contributed by atoms with van der Waals surface area (Å²) in [5.74, 6) is 0. The van der Waals surface area contributed by atoms with E-state index in [1.165, 1.54) is 0 Å². The molecule has 0 spiro atoms. The zero-order valence-corrected chi connectivity index (χ0v) is 6.04. The topological polar surface area (TPSA) is 55.3 Å². The van der Waals surface area contributed by atoms with Gasteiger partial charge in [0, 0.05) is 0 Å². The quantitative estimate of drug-likeness (QED) is 0.283. The summed E-state index contributed by atoms with van der Waals surface area (Å²) >= 11 is 0. The van der Waals surface area contributed by atoms with Gasteiger partial charge in [-0.1, -0.05) is 6.58 Å². The van der Waals surface area contributed by atoms with Gasteiger partial charge in [-0.2, -0.15) is 0 Å². The van der Waals surface area contributed by atoms with Crippen LogP contribution in [0.3, 0.4) is 0 Å². The van der Waals surface area contributed by atoms with Crippen LogP contribution in [0, 0.1) is 0 Å². The van der Waals surface area contributed by atoms with Crippen LogP contribution >= 0.6 is 0 Å². The van der Waals surface area contributed by atoms with Gasteiger partial charge in [0.05, 0.1) is 7.32 Å². The van der Waals surface area contributed by atoms with Gasteiger partial charge in [-0.25, -0.2) is 4.39 Å². The normalized spacial score (nSPS) is 10.3. The standard InChI is InChI=1S/C3H4BFO3.2Li/c1-2-3(5)8-4(6)7;;/h2-3H,1H2;;/q-2;2*+1. The van der Waals surface area contributed by atoms with Gasteiger partial charge in [-0.3, -0.25) is 0 Å². The van der Waals surface area contributed by atoms with E-state index >= 15 is 0 Å². The van der Waals surface area contributed by atoms with Crippen LogP contribution in [-0.2, 0) is 4.65 Å². The van der Waals surface area contributed by atoms with E-state index in [-0.39, 0.29) is 37.7 Å². The molecule has 0 aromatic rings. The molecule has 0 fully saturated rings. The fourth-order valence-electron chi connectivity index (χ4n) is 0.162. The van der Waals surface area contributed by atoms with Crippen molar-refractivity contribution in [3.63, 3.8) is 0 Å². The van der Waals surface area contributed by atoms with Crippen molar-refractivity contribution in [1.82, 2.24) is 0 Å². The molecule has 0 saturated heterocycles. The van der Waals surface area contributed by atoms with E-state index in [9.17, 15) is 14.4 Å². The first-order valence-corrected chi connectivity index (χ1v) is 1.90. The van der Waals surface area contributed by atoms with Crippen molar-refractivity contribution in [2.24, 2.45) is 0 Å². The fraction of sp³-hybridized carbons (Fsp3) is 0.333. The molecule has 0 aromatic carbocycles. The summed E-state index contributed by atoms with van der Waals surface area (Å²) in [5, 5.41) is 18.9. The van der Waals surface area contributed by atoms with E-state index in [1.54, 1.807) is 0 Å². The van der Waals surface area contributed by atoms with Crippen LogP contribution in [0.2, 0.25) is 0 Å². The zero-order valence-electron chi connectivity index (χ0n) is 6.04. The van der Waals surface area contributed by atoms with E-state index in [2.05, 4.69) is 11.2 Å². The predicted octanol–water partition coefficient (Wildman–Crippen LogP) is -7.80. The Labute approximate surface area is 83.2 Å². The predicted molar refractivity (Wildman–Crippen MR) is 21.9 cm³/mol. The molecule has 3 nitrogen and oxygen atoms in total. The van der Waals surface area contributed by atoms with Gasteiger partial charge >= 0.3 is 37.7 Å². The minimum absolute atomic E-state index is 0. The number of hydrogen-bond acceptors (Lipinski definition) is 3. The van der Waals surface area contributed by atoms with Crippen molar-refractivity contribution >= 4 is 7.32 Å². The van der Waals surface area contributed by atoms with Crippen LogP contribution in [0.4, 0.5) is 4.39 Å². The maximum Gasteiger partial charge on any atom is 1.00 e. The smallest absolute Gasteiger partial charge is 0.871 e. The van der Waals surface area contributed by atoms with Gasteiger partial charge in [0.1, 0.15) is 0 Å². The van der Waals surface area contributed by atoms with E-state index < -0.39 is 13.7 Å². The first-order valence-electron chi connectivity index (χ1n) is 1.90. The molecular weight excluding hydrogens is 128 g/mol. The van der Waals surface area contributed by atoms with Crippen LogP contribution < -0.4 is 47.8 Å². The summed E-state index contributed by atoms with van der Waals surface area (Å²) in [6.45, 7) is 2.94. The summed E-state index contributed by atoms with van der Waals surface area (Å²) in [5.41, 5.74) is 0. The zero-order chi connectivity index (χ0) is 6.57. The van der Waals surface area contributed by atoms with Crippen LogP contribution in [0.15, 0.2) is 12.7 Å². The second-order valence-electron chi connectivity index (χ2n) is 1.01. The maximum absolute atomic E-state index is 11.6. The second-order valence-corrected chi connectivity index (χ2v) is 1.01. The number of hydrogen-bond donors (Lipinski definition) is 0. The van der Waals surface area contributed by atoms with Crippen LogP contribution in [-0.4, -0.2) is 13.7 Å². The first-order chi connectivity index (χ1) is 3.66. The molecule has 0 aromatic heterocycles. The maximum atomic E-state index is 11.6. The molecule has 0 aliphatic carbocycles. The molecular formula is C3H4BFLi2O3. The summed E-state index contributed by atoms with van der Waals surface area (Å²) in [4.78, 5) is 0. The number of alkyl halides is 1. The Balaban J connectivity index is -0.000000245. The van der Waals surface area contributed by atoms with Crippen LogP contribution in [0.1, 0.15) is 0 Å². The third kappa shape index (κ3) is 11.6. The molecule has 0 rings (SSSR count). The third-order valence-corrected chi connectivity index (χ3v) is 0.426. The van der Waals surface area contributed by atoms with E-state index in [1.807, 2.05) is 0 Å². The molecule has 0 heterocycles. The number of halogens is 1. The van der Waals surface area contributed by atoms with Gasteiger partial charge in [-0.15, -0.1) is 0 Å². The third-order valence-electron chi connectivity index (χ3n) is 0.426. The van der Waals surface area contributed by atoms with Gasteiger partial charge in [0.2, 0.25) is 6.36 Å². The molecule has 0 N–H and O–H groups in total. The van der Waals surface area contributed by atoms with Gasteiger partial charge < -0.3 is 14.7 Å². The van der Waals surface area contributed by atoms with E-state index in [4.69, 9.17) is 0 Å². The molecule has 7 heteroatoms. The van der Waals surface area contributed by atoms with Crippen molar-refractivity contribution in [3.05, 3.63) is 12.7 Å². The number of rotatable bonds is 3. The monoisotopic (exact) mass is 132 g/mol. The van der Waals surface area contributed by atoms with Crippen LogP contribution in [0.25, 0.3) is 0 Å². The minimum Gasteiger partial charge on any atom is -0.871 e. The average Bonchev–Trinajstić information content (AvgIpc) is 1.65. The average molecular weight is 132 g/mol. The summed E-state index contributed by atoms with van der Waals surface area (Å²) in [6, 6.07) is 0. The second kappa shape index (κ2) is 9.81. The first kappa shape index (κ1) is 17.1. The van der Waals surface area contributed by atoms with Gasteiger partial charge in [-0.05, 0) is 6.08 Å². The summed E-state index contributed by atoms with van der Waals surface area (Å²) < 4.78 is 15.1. The van der Waals surface area contributed by atoms with E-state index in [0.717, 1.165) is 6.08 Å². The molecule has 0 amide bonds. The Morgan fingerprint density at radius 1 is 1.50 bits per heavy atom. The molecule has 0 aliphatic rings. The molecule has 0 aliphatic heterocycles. The Morgan fingerprint density at radius 2 is 1.90 bits per heavy atom. The van der Waals surface area contributed by atoms with Crippen molar-refractivity contribution in [1.29, 1.82) is 0 Å². The molecule has 10 heavy (non-hydrogen) atoms. The Morgan fingerprint density at radius 3 is 2.00 bits per heavy atom. The van der Waals surface area contributed by atoms with Gasteiger partial charge in [0.25, 0.3) is 0 Å². The van der Waals surface area contributed by atoms with Crippen LogP contribution in [0.5, 0.6) is 0 Å². The Kier molecular flexibility index (Phi) is 16.7. The summed E-state index contributed by atoms with van der Waals surface area (Å²) in [6.07, 6.45) is -1.21. The van der Waals surface area contributed by atoms with Crippen molar-refractivity contribution in [2.75, 3.05) is 0 Å². The Hall–Kier alpha value is 0.810. The fourth-order valence-corrected chi connectivity index (χ4v) is 0.162. The van der Waals surface area contributed by atoms with Crippen molar-refractivity contribution in [3.8, 4) is 0 Å². The van der Waals surface area contributed by atoms with Gasteiger partial charge in [0.15, 0.2) is 0 Å². The van der Waals surface area contributed by atoms with E-state index in [0.29, 0.717) is 0 Å². The molecule has 46 valence electrons. The Bertz CT molecular complexity index is 84.1. The molecule has 0 radical (unpaired) electrons.